The summed E-state index contributed by atoms with van der Waals surface area (Å²) in [5, 5.41) is 3.59. The Morgan fingerprint density at radius 2 is 1.85 bits per heavy atom. The Morgan fingerprint density at radius 3 is 2.40 bits per heavy atom. The summed E-state index contributed by atoms with van der Waals surface area (Å²) in [5.41, 5.74) is 1.26. The molecule has 0 saturated heterocycles. The van der Waals surface area contributed by atoms with Crippen LogP contribution in [-0.4, -0.2) is 26.5 Å². The molecule has 1 aromatic rings. The van der Waals surface area contributed by atoms with Crippen molar-refractivity contribution >= 4 is 11.8 Å². The Morgan fingerprint density at radius 1 is 1.20 bits per heavy atom. The number of hydrogen-bond donors (Lipinski definition) is 1. The van der Waals surface area contributed by atoms with E-state index in [1.54, 1.807) is 26.0 Å². The van der Waals surface area contributed by atoms with Crippen LogP contribution in [0.2, 0.25) is 0 Å². The van der Waals surface area contributed by atoms with Crippen molar-refractivity contribution in [2.75, 3.05) is 20.5 Å². The van der Waals surface area contributed by atoms with Crippen LogP contribution in [0.4, 0.5) is 0 Å². The quantitative estimate of drug-likeness (QED) is 0.695. The third-order valence-electron chi connectivity index (χ3n) is 3.42. The van der Waals surface area contributed by atoms with Crippen molar-refractivity contribution < 1.29 is 9.47 Å². The first-order valence-electron chi connectivity index (χ1n) is 7.18. The van der Waals surface area contributed by atoms with E-state index < -0.39 is 0 Å². The Kier molecular flexibility index (Phi) is 7.85. The molecular formula is C16H27NO2S. The van der Waals surface area contributed by atoms with E-state index >= 15 is 0 Å². The molecule has 1 rings (SSSR count). The molecule has 114 valence electrons. The molecule has 3 nitrogen and oxygen atoms in total. The van der Waals surface area contributed by atoms with Crippen molar-refractivity contribution in [2.24, 2.45) is 0 Å². The third-order valence-corrected chi connectivity index (χ3v) is 4.24. The lowest BCUT2D eigenvalue weighted by atomic mass is 10.1. The van der Waals surface area contributed by atoms with Crippen LogP contribution in [0.25, 0.3) is 0 Å². The summed E-state index contributed by atoms with van der Waals surface area (Å²) in [6.45, 7) is 5.34. The van der Waals surface area contributed by atoms with Gasteiger partial charge in [-0.05, 0) is 37.3 Å². The number of methoxy groups -OCH3 is 2. The van der Waals surface area contributed by atoms with Gasteiger partial charge in [-0.25, -0.2) is 0 Å². The molecule has 0 aliphatic rings. The molecule has 0 aliphatic heterocycles. The molecule has 1 N–H and O–H groups in total. The van der Waals surface area contributed by atoms with Gasteiger partial charge in [0, 0.05) is 17.5 Å². The van der Waals surface area contributed by atoms with Crippen LogP contribution in [0.5, 0.6) is 11.5 Å². The third kappa shape index (κ3) is 4.91. The lowest BCUT2D eigenvalue weighted by Gasteiger charge is -2.17. The highest BCUT2D eigenvalue weighted by Gasteiger charge is 2.11. The van der Waals surface area contributed by atoms with Crippen LogP contribution >= 0.6 is 11.8 Å². The molecule has 0 bridgehead atoms. The molecule has 20 heavy (non-hydrogen) atoms. The molecular weight excluding hydrogens is 270 g/mol. The van der Waals surface area contributed by atoms with Gasteiger partial charge in [0.25, 0.3) is 0 Å². The molecule has 1 unspecified atom stereocenters. The van der Waals surface area contributed by atoms with E-state index in [0.717, 1.165) is 18.0 Å². The average molecular weight is 297 g/mol. The average Bonchev–Trinajstić information content (AvgIpc) is 2.49. The molecule has 0 aliphatic carbocycles. The van der Waals surface area contributed by atoms with Gasteiger partial charge in [-0.3, -0.25) is 0 Å². The first-order valence-corrected chi connectivity index (χ1v) is 8.41. The van der Waals surface area contributed by atoms with Crippen LogP contribution in [0, 0.1) is 0 Å². The number of unbranched alkanes of at least 4 members (excludes halogenated alkanes) is 1. The fourth-order valence-electron chi connectivity index (χ4n) is 2.13. The van der Waals surface area contributed by atoms with E-state index in [0.29, 0.717) is 6.04 Å². The predicted molar refractivity (Wildman–Crippen MR) is 87.2 cm³/mol. The number of benzene rings is 1. The maximum atomic E-state index is 5.39. The second-order valence-electron chi connectivity index (χ2n) is 4.94. The van der Waals surface area contributed by atoms with Crippen molar-refractivity contribution in [3.8, 4) is 11.5 Å². The largest absolute Gasteiger partial charge is 0.493 e. The molecule has 1 atom stereocenters. The van der Waals surface area contributed by atoms with E-state index in [4.69, 9.17) is 9.47 Å². The zero-order valence-corrected chi connectivity index (χ0v) is 14.1. The number of hydrogen-bond acceptors (Lipinski definition) is 4. The van der Waals surface area contributed by atoms with Crippen LogP contribution in [0.3, 0.4) is 0 Å². The Bertz CT molecular complexity index is 410. The molecule has 0 spiro atoms. The first-order chi connectivity index (χ1) is 9.65. The second-order valence-corrected chi connectivity index (χ2v) is 5.79. The number of rotatable bonds is 9. The highest BCUT2D eigenvalue weighted by molar-refractivity contribution is 7.98. The molecule has 4 heteroatoms. The topological polar surface area (TPSA) is 30.5 Å². The van der Waals surface area contributed by atoms with Crippen LogP contribution in [0.1, 0.15) is 38.7 Å². The van der Waals surface area contributed by atoms with E-state index in [1.807, 2.05) is 0 Å². The molecule has 0 amide bonds. The van der Waals surface area contributed by atoms with Gasteiger partial charge in [-0.1, -0.05) is 19.8 Å². The van der Waals surface area contributed by atoms with E-state index in [2.05, 4.69) is 37.6 Å². The normalized spacial score (nSPS) is 12.2. The van der Waals surface area contributed by atoms with Crippen molar-refractivity contribution in [3.05, 3.63) is 17.7 Å². The maximum absolute atomic E-state index is 5.39. The molecule has 0 saturated carbocycles. The zero-order valence-electron chi connectivity index (χ0n) is 13.3. The van der Waals surface area contributed by atoms with Gasteiger partial charge in [0.15, 0.2) is 11.5 Å². The minimum atomic E-state index is 0.540. The predicted octanol–water partition coefficient (Wildman–Crippen LogP) is 4.09. The SMILES string of the molecule is CCCCC(C)NCc1cc(OC)c(OC)cc1SC. The van der Waals surface area contributed by atoms with Crippen molar-refractivity contribution in [1.29, 1.82) is 0 Å². The van der Waals surface area contributed by atoms with Crippen molar-refractivity contribution in [3.63, 3.8) is 0 Å². The number of nitrogens with one attached hydrogen (secondary N) is 1. The van der Waals surface area contributed by atoms with E-state index in [-0.39, 0.29) is 0 Å². The molecule has 0 fully saturated rings. The van der Waals surface area contributed by atoms with Crippen LogP contribution in [0.15, 0.2) is 17.0 Å². The van der Waals surface area contributed by atoms with E-state index in [9.17, 15) is 0 Å². The fourth-order valence-corrected chi connectivity index (χ4v) is 2.75. The van der Waals surface area contributed by atoms with Crippen LogP contribution < -0.4 is 14.8 Å². The van der Waals surface area contributed by atoms with Gasteiger partial charge in [0.1, 0.15) is 0 Å². The zero-order chi connectivity index (χ0) is 15.0. The molecule has 0 heterocycles. The Hall–Kier alpha value is -0.870. The lowest BCUT2D eigenvalue weighted by Crippen LogP contribution is -2.25. The second kappa shape index (κ2) is 9.14. The molecule has 0 aromatic heterocycles. The minimum absolute atomic E-state index is 0.540. The highest BCUT2D eigenvalue weighted by Crippen LogP contribution is 2.34. The standard InChI is InChI=1S/C16H27NO2S/c1-6-7-8-12(2)17-11-13-9-14(18-3)15(19-4)10-16(13)20-5/h9-10,12,17H,6-8,11H2,1-5H3. The molecule has 0 radical (unpaired) electrons. The summed E-state index contributed by atoms with van der Waals surface area (Å²) in [6, 6.07) is 4.67. The van der Waals surface area contributed by atoms with Gasteiger partial charge in [0.05, 0.1) is 14.2 Å². The summed E-state index contributed by atoms with van der Waals surface area (Å²) in [6.07, 6.45) is 5.83. The monoisotopic (exact) mass is 297 g/mol. The van der Waals surface area contributed by atoms with Gasteiger partial charge in [0.2, 0.25) is 0 Å². The van der Waals surface area contributed by atoms with E-state index in [1.165, 1.54) is 29.7 Å². The first kappa shape index (κ1) is 17.2. The Labute approximate surface area is 127 Å². The summed E-state index contributed by atoms with van der Waals surface area (Å²) in [5.74, 6) is 1.59. The summed E-state index contributed by atoms with van der Waals surface area (Å²) in [7, 11) is 3.35. The van der Waals surface area contributed by atoms with Crippen LogP contribution in [-0.2, 0) is 6.54 Å². The number of ether oxygens (including phenoxy) is 2. The summed E-state index contributed by atoms with van der Waals surface area (Å²) in [4.78, 5) is 1.23. The maximum Gasteiger partial charge on any atom is 0.161 e. The fraction of sp³-hybridized carbons (Fsp3) is 0.625. The lowest BCUT2D eigenvalue weighted by molar-refractivity contribution is 0.353. The van der Waals surface area contributed by atoms with Gasteiger partial charge >= 0.3 is 0 Å². The van der Waals surface area contributed by atoms with Crippen molar-refractivity contribution in [2.45, 2.75) is 50.6 Å². The van der Waals surface area contributed by atoms with Crippen molar-refractivity contribution in [1.82, 2.24) is 5.32 Å². The van der Waals surface area contributed by atoms with Gasteiger partial charge < -0.3 is 14.8 Å². The van der Waals surface area contributed by atoms with Gasteiger partial charge in [-0.2, -0.15) is 0 Å². The highest BCUT2D eigenvalue weighted by atomic mass is 32.2. The number of thioether (sulfide) groups is 1. The smallest absolute Gasteiger partial charge is 0.161 e. The Balaban J connectivity index is 2.77. The summed E-state index contributed by atoms with van der Waals surface area (Å²) < 4.78 is 10.7. The summed E-state index contributed by atoms with van der Waals surface area (Å²) >= 11 is 1.74. The minimum Gasteiger partial charge on any atom is -0.493 e. The molecule has 1 aromatic carbocycles. The van der Waals surface area contributed by atoms with Gasteiger partial charge in [-0.15, -0.1) is 11.8 Å².